The Labute approximate surface area is 131 Å². The van der Waals surface area contributed by atoms with Gasteiger partial charge in [-0.3, -0.25) is 10.4 Å². The van der Waals surface area contributed by atoms with Crippen molar-refractivity contribution in [2.75, 3.05) is 6.61 Å². The van der Waals surface area contributed by atoms with E-state index in [4.69, 9.17) is 20.6 Å². The molecule has 0 unspecified atom stereocenters. The fourth-order valence-corrected chi connectivity index (χ4v) is 2.17. The smallest absolute Gasteiger partial charge is 0.161 e. The zero-order chi connectivity index (χ0) is 15.2. The standard InChI is InChI=1S/C15H16BrN3O2/c1-2-20-14-6-11(15(17)18)3-4-13(14)21-9-10-5-12(16)8-19-7-10/h3-8H,2,9H2,1H3,(H3,17,18). The average molecular weight is 350 g/mol. The number of aromatic nitrogens is 1. The first-order valence-corrected chi connectivity index (χ1v) is 7.23. The number of hydrogen-bond donors (Lipinski definition) is 2. The second-order valence-electron chi connectivity index (χ2n) is 4.31. The quantitative estimate of drug-likeness (QED) is 0.620. The molecule has 1 heterocycles. The van der Waals surface area contributed by atoms with E-state index in [0.29, 0.717) is 30.3 Å². The van der Waals surface area contributed by atoms with Gasteiger partial charge in [-0.1, -0.05) is 0 Å². The molecule has 0 fully saturated rings. The third-order valence-corrected chi connectivity index (χ3v) is 3.14. The third-order valence-electron chi connectivity index (χ3n) is 2.71. The number of benzene rings is 1. The van der Waals surface area contributed by atoms with Crippen LogP contribution in [0.25, 0.3) is 0 Å². The fourth-order valence-electron chi connectivity index (χ4n) is 1.76. The van der Waals surface area contributed by atoms with Gasteiger partial charge in [-0.2, -0.15) is 0 Å². The molecule has 0 radical (unpaired) electrons. The van der Waals surface area contributed by atoms with Crippen LogP contribution in [0.2, 0.25) is 0 Å². The third kappa shape index (κ3) is 4.19. The molecule has 0 bridgehead atoms. The summed E-state index contributed by atoms with van der Waals surface area (Å²) in [6.45, 7) is 2.78. The molecule has 21 heavy (non-hydrogen) atoms. The number of nitrogens with zero attached hydrogens (tertiary/aromatic N) is 1. The molecular formula is C15H16BrN3O2. The predicted octanol–water partition coefficient (Wildman–Crippen LogP) is 3.11. The highest BCUT2D eigenvalue weighted by atomic mass is 79.9. The molecule has 0 atom stereocenters. The first-order chi connectivity index (χ1) is 10.1. The lowest BCUT2D eigenvalue weighted by Gasteiger charge is -2.13. The number of amidine groups is 1. The Morgan fingerprint density at radius 2 is 2.05 bits per heavy atom. The first-order valence-electron chi connectivity index (χ1n) is 6.43. The monoisotopic (exact) mass is 349 g/mol. The van der Waals surface area contributed by atoms with Gasteiger partial charge in [-0.25, -0.2) is 0 Å². The van der Waals surface area contributed by atoms with Gasteiger partial charge in [0.1, 0.15) is 12.4 Å². The van der Waals surface area contributed by atoms with E-state index in [9.17, 15) is 0 Å². The molecule has 1 aromatic carbocycles. The molecule has 0 aliphatic rings. The number of pyridine rings is 1. The van der Waals surface area contributed by atoms with Gasteiger partial charge in [0.2, 0.25) is 0 Å². The highest BCUT2D eigenvalue weighted by molar-refractivity contribution is 9.10. The SMILES string of the molecule is CCOc1cc(C(=N)N)ccc1OCc1cncc(Br)c1. The van der Waals surface area contributed by atoms with Gasteiger partial charge >= 0.3 is 0 Å². The van der Waals surface area contributed by atoms with Crippen molar-refractivity contribution in [1.82, 2.24) is 4.98 Å². The molecular weight excluding hydrogens is 334 g/mol. The number of hydrogen-bond acceptors (Lipinski definition) is 4. The second-order valence-corrected chi connectivity index (χ2v) is 5.22. The molecule has 6 heteroatoms. The Hall–Kier alpha value is -2.08. The lowest BCUT2D eigenvalue weighted by Crippen LogP contribution is -2.11. The van der Waals surface area contributed by atoms with Gasteiger partial charge in [-0.05, 0) is 47.1 Å². The van der Waals surface area contributed by atoms with E-state index in [1.165, 1.54) is 0 Å². The van der Waals surface area contributed by atoms with Gasteiger partial charge in [0.25, 0.3) is 0 Å². The molecule has 110 valence electrons. The molecule has 5 nitrogen and oxygen atoms in total. The molecule has 0 saturated carbocycles. The van der Waals surface area contributed by atoms with Crippen molar-refractivity contribution in [3.8, 4) is 11.5 Å². The van der Waals surface area contributed by atoms with Crippen molar-refractivity contribution in [1.29, 1.82) is 5.41 Å². The number of nitrogen functional groups attached to an aromatic ring is 1. The van der Waals surface area contributed by atoms with E-state index in [-0.39, 0.29) is 5.84 Å². The van der Waals surface area contributed by atoms with Crippen LogP contribution in [0.5, 0.6) is 11.5 Å². The van der Waals surface area contributed by atoms with Crippen LogP contribution < -0.4 is 15.2 Å². The summed E-state index contributed by atoms with van der Waals surface area (Å²) >= 11 is 3.37. The average Bonchev–Trinajstić information content (AvgIpc) is 2.46. The first kappa shape index (κ1) is 15.3. The van der Waals surface area contributed by atoms with Gasteiger partial charge in [0.15, 0.2) is 11.5 Å². The summed E-state index contributed by atoms with van der Waals surface area (Å²) < 4.78 is 12.2. The topological polar surface area (TPSA) is 81.2 Å². The van der Waals surface area contributed by atoms with Crippen molar-refractivity contribution in [3.63, 3.8) is 0 Å². The zero-order valence-corrected chi connectivity index (χ0v) is 13.2. The van der Waals surface area contributed by atoms with Gasteiger partial charge in [0, 0.05) is 28.0 Å². The normalized spacial score (nSPS) is 10.2. The van der Waals surface area contributed by atoms with Gasteiger partial charge in [0.05, 0.1) is 6.61 Å². The summed E-state index contributed by atoms with van der Waals surface area (Å²) in [6, 6.07) is 7.14. The van der Waals surface area contributed by atoms with Crippen molar-refractivity contribution < 1.29 is 9.47 Å². The Balaban J connectivity index is 2.16. The van der Waals surface area contributed by atoms with Crippen LogP contribution >= 0.6 is 15.9 Å². The summed E-state index contributed by atoms with van der Waals surface area (Å²) in [4.78, 5) is 4.09. The van der Waals surface area contributed by atoms with E-state index >= 15 is 0 Å². The molecule has 2 aromatic rings. The number of halogens is 1. The lowest BCUT2D eigenvalue weighted by atomic mass is 10.2. The predicted molar refractivity (Wildman–Crippen MR) is 84.9 cm³/mol. The number of ether oxygens (including phenoxy) is 2. The lowest BCUT2D eigenvalue weighted by molar-refractivity contribution is 0.269. The van der Waals surface area contributed by atoms with Crippen molar-refractivity contribution in [3.05, 3.63) is 52.3 Å². The van der Waals surface area contributed by atoms with Crippen molar-refractivity contribution in [2.24, 2.45) is 5.73 Å². The molecule has 2 rings (SSSR count). The van der Waals surface area contributed by atoms with Crippen LogP contribution in [0.4, 0.5) is 0 Å². The van der Waals surface area contributed by atoms with Gasteiger partial charge in [-0.15, -0.1) is 0 Å². The maximum atomic E-state index is 7.46. The van der Waals surface area contributed by atoms with Gasteiger partial charge < -0.3 is 15.2 Å². The van der Waals surface area contributed by atoms with E-state index in [2.05, 4.69) is 20.9 Å². The zero-order valence-electron chi connectivity index (χ0n) is 11.6. The maximum Gasteiger partial charge on any atom is 0.161 e. The molecule has 0 amide bonds. The summed E-state index contributed by atoms with van der Waals surface area (Å²) in [6.07, 6.45) is 3.46. The Morgan fingerprint density at radius 3 is 2.71 bits per heavy atom. The van der Waals surface area contributed by atoms with Crippen molar-refractivity contribution >= 4 is 21.8 Å². The van der Waals surface area contributed by atoms with E-state index in [0.717, 1.165) is 10.0 Å². The molecule has 3 N–H and O–H groups in total. The highest BCUT2D eigenvalue weighted by Gasteiger charge is 2.08. The summed E-state index contributed by atoms with van der Waals surface area (Å²) in [5.74, 6) is 1.19. The summed E-state index contributed by atoms with van der Waals surface area (Å²) in [5, 5.41) is 7.46. The van der Waals surface area contributed by atoms with Crippen LogP contribution in [0, 0.1) is 5.41 Å². The van der Waals surface area contributed by atoms with Crippen LogP contribution in [0.3, 0.4) is 0 Å². The van der Waals surface area contributed by atoms with Crippen LogP contribution in [0.15, 0.2) is 41.1 Å². The molecule has 0 aliphatic heterocycles. The van der Waals surface area contributed by atoms with Crippen molar-refractivity contribution in [2.45, 2.75) is 13.5 Å². The number of nitrogens with one attached hydrogen (secondary N) is 1. The number of rotatable bonds is 6. The second kappa shape index (κ2) is 7.08. The van der Waals surface area contributed by atoms with E-state index in [1.807, 2.05) is 13.0 Å². The Bertz CT molecular complexity index is 647. The van der Waals surface area contributed by atoms with Crippen LogP contribution in [-0.4, -0.2) is 17.4 Å². The van der Waals surface area contributed by atoms with Crippen LogP contribution in [-0.2, 0) is 6.61 Å². The largest absolute Gasteiger partial charge is 0.490 e. The van der Waals surface area contributed by atoms with Crippen LogP contribution in [0.1, 0.15) is 18.1 Å². The molecule has 1 aromatic heterocycles. The molecule has 0 spiro atoms. The minimum atomic E-state index is -0.00121. The number of nitrogens with two attached hydrogens (primary N) is 1. The van der Waals surface area contributed by atoms with E-state index < -0.39 is 0 Å². The fraction of sp³-hybridized carbons (Fsp3) is 0.200. The van der Waals surface area contributed by atoms with E-state index in [1.54, 1.807) is 30.6 Å². The molecule has 0 saturated heterocycles. The Kier molecular flexibility index (Phi) is 5.16. The molecule has 0 aliphatic carbocycles. The summed E-state index contributed by atoms with van der Waals surface area (Å²) in [5.41, 5.74) is 7.04. The maximum absolute atomic E-state index is 7.46. The highest BCUT2D eigenvalue weighted by Crippen LogP contribution is 2.29. The Morgan fingerprint density at radius 1 is 1.24 bits per heavy atom. The minimum Gasteiger partial charge on any atom is -0.490 e. The minimum absolute atomic E-state index is 0.00121. The summed E-state index contributed by atoms with van der Waals surface area (Å²) in [7, 11) is 0.